The third-order valence-corrected chi connectivity index (χ3v) is 9.27. The molecule has 14 heavy (non-hydrogen) atoms. The second kappa shape index (κ2) is 6.01. The molecular weight excluding hydrogens is 204 g/mol. The molecule has 0 amide bonds. The van der Waals surface area contributed by atoms with E-state index in [9.17, 15) is 0 Å². The van der Waals surface area contributed by atoms with Gasteiger partial charge in [-0.1, -0.05) is 65.4 Å². The van der Waals surface area contributed by atoms with E-state index in [0.29, 0.717) is 4.75 Å². The Hall–Kier alpha value is 0.307. The van der Waals surface area contributed by atoms with E-state index >= 15 is 0 Å². The third-order valence-electron chi connectivity index (χ3n) is 2.96. The summed E-state index contributed by atoms with van der Waals surface area (Å²) < 4.78 is 0.367. The zero-order valence-electron chi connectivity index (χ0n) is 10.7. The van der Waals surface area contributed by atoms with Crippen LogP contribution in [-0.4, -0.2) is 12.8 Å². The van der Waals surface area contributed by atoms with Gasteiger partial charge in [-0.05, 0) is 5.41 Å². The molecule has 0 aromatic rings. The molecule has 0 aromatic heterocycles. The largest absolute Gasteiger partial charge is 0.129 e. The summed E-state index contributed by atoms with van der Waals surface area (Å²) in [4.78, 5) is 0. The summed E-state index contributed by atoms with van der Waals surface area (Å²) in [6.07, 6.45) is 0. The smallest absolute Gasteiger partial charge is 0.0776 e. The molecule has 0 aliphatic heterocycles. The van der Waals surface area contributed by atoms with E-state index in [1.165, 1.54) is 18.1 Å². The minimum absolute atomic E-state index is 0.367. The minimum Gasteiger partial charge on any atom is -0.129 e. The van der Waals surface area contributed by atoms with Crippen molar-refractivity contribution >= 4 is 19.8 Å². The van der Waals surface area contributed by atoms with Crippen molar-refractivity contribution in [3.05, 3.63) is 11.1 Å². The van der Waals surface area contributed by atoms with Crippen molar-refractivity contribution in [3.63, 3.8) is 0 Å². The predicted octanol–water partition coefficient (Wildman–Crippen LogP) is 5.08. The second-order valence-corrected chi connectivity index (χ2v) is 11.9. The second-order valence-electron chi connectivity index (χ2n) is 4.96. The first-order chi connectivity index (χ1) is 6.39. The van der Waals surface area contributed by atoms with Gasteiger partial charge in [0.2, 0.25) is 0 Å². The van der Waals surface area contributed by atoms with Crippen molar-refractivity contribution < 1.29 is 0 Å². The van der Waals surface area contributed by atoms with Gasteiger partial charge in [0, 0.05) is 4.75 Å². The molecule has 0 N–H and O–H groups in total. The Morgan fingerprint density at radius 3 is 1.71 bits per heavy atom. The highest BCUT2D eigenvalue weighted by molar-refractivity contribution is 8.03. The molecule has 0 radical (unpaired) electrons. The average molecular weight is 230 g/mol. The van der Waals surface area contributed by atoms with Crippen LogP contribution >= 0.6 is 11.8 Å². The molecule has 0 aromatic carbocycles. The number of thioether (sulfide) groups is 1. The van der Waals surface area contributed by atoms with Gasteiger partial charge in [0.15, 0.2) is 0 Å². The molecule has 0 nitrogen and oxygen atoms in total. The van der Waals surface area contributed by atoms with Crippen LogP contribution < -0.4 is 0 Å². The van der Waals surface area contributed by atoms with E-state index in [0.717, 1.165) is 0 Å². The van der Waals surface area contributed by atoms with Crippen LogP contribution in [0.15, 0.2) is 11.1 Å². The van der Waals surface area contributed by atoms with Crippen LogP contribution in [0.25, 0.3) is 0 Å². The van der Waals surface area contributed by atoms with Crippen LogP contribution in [-0.2, 0) is 0 Å². The van der Waals surface area contributed by atoms with Crippen LogP contribution in [0, 0.1) is 0 Å². The maximum absolute atomic E-state index is 2.56. The van der Waals surface area contributed by atoms with Crippen molar-refractivity contribution in [3.8, 4) is 0 Å². The van der Waals surface area contributed by atoms with Crippen molar-refractivity contribution in [1.29, 1.82) is 0 Å². The van der Waals surface area contributed by atoms with Gasteiger partial charge in [-0.15, -0.1) is 11.8 Å². The summed E-state index contributed by atoms with van der Waals surface area (Å²) in [6, 6.07) is 4.17. The molecule has 0 atom stereocenters. The maximum Gasteiger partial charge on any atom is 0.0776 e. The molecule has 2 heteroatoms. The normalized spacial score (nSPS) is 13.9. The fourth-order valence-corrected chi connectivity index (χ4v) is 5.53. The third kappa shape index (κ3) is 5.25. The first-order valence-corrected chi connectivity index (χ1v) is 9.32. The highest BCUT2D eigenvalue weighted by Crippen LogP contribution is 2.28. The molecular formula is C12H26SSi. The molecule has 84 valence electrons. The van der Waals surface area contributed by atoms with E-state index in [1.54, 1.807) is 0 Å². The molecule has 0 bridgehead atoms. The summed E-state index contributed by atoms with van der Waals surface area (Å²) in [5.41, 5.74) is 2.56. The van der Waals surface area contributed by atoms with Crippen molar-refractivity contribution in [2.45, 2.75) is 64.4 Å². The van der Waals surface area contributed by atoms with Crippen molar-refractivity contribution in [1.82, 2.24) is 0 Å². The van der Waals surface area contributed by atoms with Crippen LogP contribution in [0.4, 0.5) is 0 Å². The first-order valence-electron chi connectivity index (χ1n) is 5.74. The Morgan fingerprint density at radius 1 is 1.00 bits per heavy atom. The van der Waals surface area contributed by atoms with Gasteiger partial charge in [0.1, 0.15) is 0 Å². The molecule has 0 unspecified atom stereocenters. The monoisotopic (exact) mass is 230 g/mol. The SMILES string of the molecule is CC[Si](/C=C\SC(C)(C)C)(CC)CC. The number of hydrogen-bond donors (Lipinski definition) is 0. The molecule has 0 fully saturated rings. The Balaban J connectivity index is 4.30. The van der Waals surface area contributed by atoms with E-state index < -0.39 is 8.07 Å². The zero-order valence-corrected chi connectivity index (χ0v) is 12.5. The predicted molar refractivity (Wildman–Crippen MR) is 73.7 cm³/mol. The fourth-order valence-electron chi connectivity index (χ4n) is 1.49. The van der Waals surface area contributed by atoms with Crippen LogP contribution in [0.2, 0.25) is 18.1 Å². The van der Waals surface area contributed by atoms with Crippen molar-refractivity contribution in [2.24, 2.45) is 0 Å². The molecule has 0 saturated heterocycles. The summed E-state index contributed by atoms with van der Waals surface area (Å²) in [7, 11) is -1.02. The lowest BCUT2D eigenvalue weighted by Crippen LogP contribution is -2.28. The van der Waals surface area contributed by atoms with Gasteiger partial charge in [-0.2, -0.15) is 0 Å². The fraction of sp³-hybridized carbons (Fsp3) is 0.833. The van der Waals surface area contributed by atoms with Crippen LogP contribution in [0.1, 0.15) is 41.5 Å². The molecule has 0 spiro atoms. The van der Waals surface area contributed by atoms with Crippen LogP contribution in [0.5, 0.6) is 0 Å². The number of hydrogen-bond acceptors (Lipinski definition) is 1. The quantitative estimate of drug-likeness (QED) is 0.594. The first kappa shape index (κ1) is 14.3. The van der Waals surface area contributed by atoms with Gasteiger partial charge < -0.3 is 0 Å². The Morgan fingerprint density at radius 2 is 1.43 bits per heavy atom. The lowest BCUT2D eigenvalue weighted by Gasteiger charge is -2.24. The lowest BCUT2D eigenvalue weighted by atomic mass is 10.3. The Labute approximate surface area is 95.6 Å². The van der Waals surface area contributed by atoms with Gasteiger partial charge in [0.25, 0.3) is 0 Å². The van der Waals surface area contributed by atoms with Crippen molar-refractivity contribution in [2.75, 3.05) is 0 Å². The van der Waals surface area contributed by atoms with Crippen LogP contribution in [0.3, 0.4) is 0 Å². The van der Waals surface area contributed by atoms with E-state index in [1.807, 2.05) is 11.8 Å². The summed E-state index contributed by atoms with van der Waals surface area (Å²) >= 11 is 1.96. The molecule has 0 aliphatic rings. The lowest BCUT2D eigenvalue weighted by molar-refractivity contribution is 0.807. The highest BCUT2D eigenvalue weighted by Gasteiger charge is 2.23. The Kier molecular flexibility index (Phi) is 6.15. The Bertz CT molecular complexity index is 167. The van der Waals surface area contributed by atoms with Gasteiger partial charge in [-0.3, -0.25) is 0 Å². The molecule has 0 rings (SSSR count). The molecule has 0 saturated carbocycles. The summed E-state index contributed by atoms with van der Waals surface area (Å²) in [5.74, 6) is 0. The zero-order chi connectivity index (χ0) is 11.2. The minimum atomic E-state index is -1.02. The summed E-state index contributed by atoms with van der Waals surface area (Å²) in [5, 5.41) is 2.36. The summed E-state index contributed by atoms with van der Waals surface area (Å²) in [6.45, 7) is 13.9. The average Bonchev–Trinajstić information content (AvgIpc) is 2.11. The maximum atomic E-state index is 2.56. The van der Waals surface area contributed by atoms with E-state index in [2.05, 4.69) is 52.6 Å². The van der Waals surface area contributed by atoms with Gasteiger partial charge in [0.05, 0.1) is 8.07 Å². The van der Waals surface area contributed by atoms with E-state index in [4.69, 9.17) is 0 Å². The topological polar surface area (TPSA) is 0 Å². The molecule has 0 heterocycles. The van der Waals surface area contributed by atoms with E-state index in [-0.39, 0.29) is 0 Å². The van der Waals surface area contributed by atoms with Gasteiger partial charge in [-0.25, -0.2) is 0 Å². The van der Waals surface area contributed by atoms with Gasteiger partial charge >= 0.3 is 0 Å². The standard InChI is InChI=1S/C12H26SSi/c1-7-14(8-2,9-3)11-10-13-12(4,5)6/h10-11H,7-9H2,1-6H3/b11-10-. The highest BCUT2D eigenvalue weighted by atomic mass is 32.2. The molecule has 0 aliphatic carbocycles. The number of rotatable bonds is 5.